The number of halogens is 1. The monoisotopic (exact) mass is 415 g/mol. The molecule has 8 nitrogen and oxygen atoms in total. The summed E-state index contributed by atoms with van der Waals surface area (Å²) in [6, 6.07) is 14.1. The highest BCUT2D eigenvalue weighted by atomic mass is 35.5. The molecule has 2 aliphatic rings. The smallest absolute Gasteiger partial charge is 0.292 e. The Morgan fingerprint density at radius 3 is 2.45 bits per heavy atom. The molecule has 2 aromatic carbocycles. The molecule has 2 N–H and O–H groups in total. The number of hydrogen-bond acceptors (Lipinski definition) is 6. The van der Waals surface area contributed by atoms with E-state index in [0.717, 1.165) is 5.56 Å². The zero-order chi connectivity index (χ0) is 20.4. The molecule has 2 fully saturated rings. The van der Waals surface area contributed by atoms with Crippen molar-refractivity contribution in [3.63, 3.8) is 0 Å². The lowest BCUT2D eigenvalue weighted by Crippen LogP contribution is -2.51. The molecule has 0 aliphatic carbocycles. The summed E-state index contributed by atoms with van der Waals surface area (Å²) in [5.41, 5.74) is 8.00. The van der Waals surface area contributed by atoms with Crippen molar-refractivity contribution in [1.29, 1.82) is 0 Å². The van der Waals surface area contributed by atoms with Crippen LogP contribution in [-0.4, -0.2) is 48.5 Å². The van der Waals surface area contributed by atoms with Gasteiger partial charge in [0.2, 0.25) is 5.91 Å². The fraction of sp³-hybridized carbons (Fsp3) is 0.350. The molecule has 2 atom stereocenters. The number of para-hydroxylation sites is 2. The average molecular weight is 416 g/mol. The van der Waals surface area contributed by atoms with E-state index in [-0.39, 0.29) is 28.5 Å². The van der Waals surface area contributed by atoms with E-state index in [0.29, 0.717) is 43.4 Å². The predicted molar refractivity (Wildman–Crippen MR) is 111 cm³/mol. The minimum Gasteiger partial charge on any atom is -0.362 e. The summed E-state index contributed by atoms with van der Waals surface area (Å²) in [7, 11) is 0. The van der Waals surface area contributed by atoms with Gasteiger partial charge in [0.25, 0.3) is 5.69 Å². The largest absolute Gasteiger partial charge is 0.362 e. The van der Waals surface area contributed by atoms with Gasteiger partial charge in [-0.25, -0.2) is 5.43 Å². The fourth-order valence-electron chi connectivity index (χ4n) is 4.00. The van der Waals surface area contributed by atoms with Crippen LogP contribution in [0.25, 0.3) is 0 Å². The number of hydrazine groups is 1. The molecular formula is C20H22ClN5O3. The molecule has 2 aliphatic heterocycles. The van der Waals surface area contributed by atoms with Gasteiger partial charge in [0.15, 0.2) is 0 Å². The van der Waals surface area contributed by atoms with Gasteiger partial charge in [-0.3, -0.25) is 20.3 Å². The predicted octanol–water partition coefficient (Wildman–Crippen LogP) is 2.36. The first-order chi connectivity index (χ1) is 14.0. The molecule has 0 bridgehead atoms. The van der Waals surface area contributed by atoms with E-state index in [4.69, 9.17) is 11.6 Å². The number of nitrogens with one attached hydrogen (secondary N) is 2. The van der Waals surface area contributed by atoms with Crippen LogP contribution in [0.15, 0.2) is 48.5 Å². The van der Waals surface area contributed by atoms with E-state index >= 15 is 0 Å². The van der Waals surface area contributed by atoms with Crippen LogP contribution in [0.2, 0.25) is 5.02 Å². The number of hydrogen-bond donors (Lipinski definition) is 2. The topological polar surface area (TPSA) is 90.8 Å². The Morgan fingerprint density at radius 2 is 1.76 bits per heavy atom. The number of anilines is 1. The van der Waals surface area contributed by atoms with Crippen molar-refractivity contribution in [3.05, 3.63) is 69.2 Å². The van der Waals surface area contributed by atoms with Crippen LogP contribution in [0.4, 0.5) is 11.4 Å². The summed E-state index contributed by atoms with van der Waals surface area (Å²) in [6.07, 6.45) is 0. The number of carbonyl (C=O) groups is 1. The fourth-order valence-corrected chi connectivity index (χ4v) is 4.13. The van der Waals surface area contributed by atoms with Crippen molar-refractivity contribution >= 4 is 28.9 Å². The van der Waals surface area contributed by atoms with E-state index < -0.39 is 0 Å². The van der Waals surface area contributed by atoms with Crippen LogP contribution in [0.1, 0.15) is 11.6 Å². The zero-order valence-electron chi connectivity index (χ0n) is 15.8. The molecule has 2 unspecified atom stereocenters. The standard InChI is InChI=1S/C20H22ClN5O3/c21-15-7-5-14(6-8-15)19-16(13-22-23-19)20(27)25-11-9-24(10-12-25)17-3-1-2-4-18(17)26(28)29/h1-8,16,19,22-23H,9-13H2. The average Bonchev–Trinajstić information content (AvgIpc) is 3.24. The minimum absolute atomic E-state index is 0.0876. The summed E-state index contributed by atoms with van der Waals surface area (Å²) in [6.45, 7) is 2.76. The molecule has 2 aromatic rings. The second-order valence-electron chi connectivity index (χ2n) is 7.22. The van der Waals surface area contributed by atoms with Crippen molar-refractivity contribution in [1.82, 2.24) is 15.8 Å². The highest BCUT2D eigenvalue weighted by Gasteiger charge is 2.37. The normalized spacial score (nSPS) is 22.0. The van der Waals surface area contributed by atoms with Crippen molar-refractivity contribution in [3.8, 4) is 0 Å². The Labute approximate surface area is 173 Å². The van der Waals surface area contributed by atoms with E-state index in [2.05, 4.69) is 10.9 Å². The lowest BCUT2D eigenvalue weighted by Gasteiger charge is -2.37. The Bertz CT molecular complexity index is 899. The van der Waals surface area contributed by atoms with Gasteiger partial charge in [0.05, 0.1) is 16.9 Å². The van der Waals surface area contributed by atoms with Crippen LogP contribution in [0.3, 0.4) is 0 Å². The molecule has 29 heavy (non-hydrogen) atoms. The Hall–Kier alpha value is -2.68. The van der Waals surface area contributed by atoms with Crippen molar-refractivity contribution < 1.29 is 9.72 Å². The van der Waals surface area contributed by atoms with Gasteiger partial charge in [-0.15, -0.1) is 0 Å². The van der Waals surface area contributed by atoms with Crippen molar-refractivity contribution in [2.45, 2.75) is 6.04 Å². The van der Waals surface area contributed by atoms with E-state index in [1.54, 1.807) is 18.2 Å². The first-order valence-electron chi connectivity index (χ1n) is 9.55. The maximum atomic E-state index is 13.2. The SMILES string of the molecule is O=C(C1CNNC1c1ccc(Cl)cc1)N1CCN(c2ccccc2[N+](=O)[O-])CC1. The first kappa shape index (κ1) is 19.6. The maximum Gasteiger partial charge on any atom is 0.292 e. The highest BCUT2D eigenvalue weighted by molar-refractivity contribution is 6.30. The third kappa shape index (κ3) is 4.05. The van der Waals surface area contributed by atoms with Gasteiger partial charge in [-0.2, -0.15) is 0 Å². The van der Waals surface area contributed by atoms with Crippen LogP contribution in [0, 0.1) is 16.0 Å². The van der Waals surface area contributed by atoms with Crippen LogP contribution in [0.5, 0.6) is 0 Å². The first-order valence-corrected chi connectivity index (χ1v) is 9.93. The Balaban J connectivity index is 1.43. The zero-order valence-corrected chi connectivity index (χ0v) is 16.5. The van der Waals surface area contributed by atoms with Gasteiger partial charge in [0.1, 0.15) is 5.69 Å². The quantitative estimate of drug-likeness (QED) is 0.588. The van der Waals surface area contributed by atoms with E-state index in [9.17, 15) is 14.9 Å². The molecule has 0 aromatic heterocycles. The molecule has 0 saturated carbocycles. The molecule has 0 radical (unpaired) electrons. The van der Waals surface area contributed by atoms with E-state index in [1.807, 2.05) is 34.1 Å². The Kier molecular flexibility index (Phi) is 5.66. The molecule has 0 spiro atoms. The number of amides is 1. The van der Waals surface area contributed by atoms with Crippen molar-refractivity contribution in [2.24, 2.45) is 5.92 Å². The summed E-state index contributed by atoms with van der Waals surface area (Å²) in [5, 5.41) is 12.0. The molecule has 152 valence electrons. The summed E-state index contributed by atoms with van der Waals surface area (Å²) in [5.74, 6) is -0.126. The Morgan fingerprint density at radius 1 is 1.07 bits per heavy atom. The molecule has 4 rings (SSSR count). The highest BCUT2D eigenvalue weighted by Crippen LogP contribution is 2.30. The second-order valence-corrected chi connectivity index (χ2v) is 7.66. The number of nitro groups is 1. The molecule has 2 heterocycles. The van der Waals surface area contributed by atoms with Gasteiger partial charge in [0, 0.05) is 43.8 Å². The van der Waals surface area contributed by atoms with Crippen LogP contribution in [-0.2, 0) is 4.79 Å². The van der Waals surface area contributed by atoms with E-state index in [1.165, 1.54) is 6.07 Å². The summed E-state index contributed by atoms with van der Waals surface area (Å²) < 4.78 is 0. The third-order valence-corrected chi connectivity index (χ3v) is 5.79. The van der Waals surface area contributed by atoms with Crippen LogP contribution < -0.4 is 15.8 Å². The number of benzene rings is 2. The summed E-state index contributed by atoms with van der Waals surface area (Å²) >= 11 is 5.98. The summed E-state index contributed by atoms with van der Waals surface area (Å²) in [4.78, 5) is 27.9. The van der Waals surface area contributed by atoms with Gasteiger partial charge in [-0.05, 0) is 23.8 Å². The van der Waals surface area contributed by atoms with Crippen LogP contribution >= 0.6 is 11.6 Å². The van der Waals surface area contributed by atoms with Gasteiger partial charge >= 0.3 is 0 Å². The van der Waals surface area contributed by atoms with Crippen molar-refractivity contribution in [2.75, 3.05) is 37.6 Å². The lowest BCUT2D eigenvalue weighted by atomic mass is 9.93. The molecule has 1 amide bonds. The molecule has 9 heteroatoms. The minimum atomic E-state index is -0.362. The number of rotatable bonds is 4. The number of nitro benzene ring substituents is 1. The number of piperazine rings is 1. The second kappa shape index (κ2) is 8.36. The lowest BCUT2D eigenvalue weighted by molar-refractivity contribution is -0.384. The van der Waals surface area contributed by atoms with Gasteiger partial charge < -0.3 is 9.80 Å². The maximum absolute atomic E-state index is 13.2. The molecule has 2 saturated heterocycles. The molecular weight excluding hydrogens is 394 g/mol. The van der Waals surface area contributed by atoms with Gasteiger partial charge in [-0.1, -0.05) is 35.9 Å². The third-order valence-electron chi connectivity index (χ3n) is 5.54. The number of carbonyl (C=O) groups excluding carboxylic acids is 1. The number of nitrogens with zero attached hydrogens (tertiary/aromatic N) is 3.